The fourth-order valence-electron chi connectivity index (χ4n) is 2.56. The lowest BCUT2D eigenvalue weighted by molar-refractivity contribution is 0.911. The van der Waals surface area contributed by atoms with E-state index in [1.54, 1.807) is 0 Å². The van der Waals surface area contributed by atoms with Crippen LogP contribution in [0.25, 0.3) is 28.0 Å². The van der Waals surface area contributed by atoms with Gasteiger partial charge in [0, 0.05) is 10.6 Å². The molecule has 0 saturated heterocycles. The maximum atomic E-state index is 5.99. The summed E-state index contributed by atoms with van der Waals surface area (Å²) in [4.78, 5) is 8.91. The number of benzene rings is 2. The summed E-state index contributed by atoms with van der Waals surface area (Å²) in [6, 6.07) is 17.6. The second kappa shape index (κ2) is 5.48. The van der Waals surface area contributed by atoms with Crippen molar-refractivity contribution in [1.82, 2.24) is 19.7 Å². The molecule has 0 N–H and O–H groups in total. The van der Waals surface area contributed by atoms with Gasteiger partial charge in [-0.3, -0.25) is 0 Å². The van der Waals surface area contributed by atoms with Crippen molar-refractivity contribution >= 4 is 22.6 Å². The molecule has 0 amide bonds. The molecule has 0 aliphatic rings. The van der Waals surface area contributed by atoms with E-state index in [4.69, 9.17) is 16.7 Å². The average Bonchev–Trinajstić information content (AvgIpc) is 2.95. The number of hydrogen-bond acceptors (Lipinski definition) is 3. The number of rotatable bonds is 2. The van der Waals surface area contributed by atoms with Crippen molar-refractivity contribution in [3.63, 3.8) is 0 Å². The third-order valence-electron chi connectivity index (χ3n) is 3.66. The molecule has 2 aromatic heterocycles. The van der Waals surface area contributed by atoms with Crippen LogP contribution in [-0.4, -0.2) is 19.7 Å². The summed E-state index contributed by atoms with van der Waals surface area (Å²) < 4.78 is 1.87. The molecule has 4 rings (SSSR count). The molecule has 0 bridgehead atoms. The van der Waals surface area contributed by atoms with Crippen LogP contribution in [0.1, 0.15) is 5.82 Å². The standard InChI is InChI=1S/C18H13ClN4/c1-12-20-11-16-18(21-12)17(13-7-9-14(19)10-8-13)22-23(16)15-5-3-2-4-6-15/h2-11H,1H3. The van der Waals surface area contributed by atoms with Gasteiger partial charge in [-0.2, -0.15) is 5.10 Å². The van der Waals surface area contributed by atoms with Crippen LogP contribution >= 0.6 is 11.6 Å². The third kappa shape index (κ3) is 2.47. The molecule has 4 aromatic rings. The second-order valence-electron chi connectivity index (χ2n) is 5.25. The van der Waals surface area contributed by atoms with Gasteiger partial charge in [0.15, 0.2) is 0 Å². The highest BCUT2D eigenvalue weighted by atomic mass is 35.5. The summed E-state index contributed by atoms with van der Waals surface area (Å²) in [7, 11) is 0. The van der Waals surface area contributed by atoms with E-state index < -0.39 is 0 Å². The maximum Gasteiger partial charge on any atom is 0.126 e. The summed E-state index contributed by atoms with van der Waals surface area (Å²) in [5.74, 6) is 0.723. The first-order valence-corrected chi connectivity index (χ1v) is 7.64. The van der Waals surface area contributed by atoms with E-state index in [1.165, 1.54) is 0 Å². The van der Waals surface area contributed by atoms with Gasteiger partial charge in [-0.05, 0) is 31.2 Å². The predicted molar refractivity (Wildman–Crippen MR) is 91.8 cm³/mol. The Morgan fingerprint density at radius 1 is 0.957 bits per heavy atom. The molecule has 2 heterocycles. The molecule has 0 atom stereocenters. The molecule has 0 unspecified atom stereocenters. The van der Waals surface area contributed by atoms with E-state index in [0.29, 0.717) is 5.02 Å². The summed E-state index contributed by atoms with van der Waals surface area (Å²) >= 11 is 5.99. The van der Waals surface area contributed by atoms with Crippen molar-refractivity contribution in [2.75, 3.05) is 0 Å². The lowest BCUT2D eigenvalue weighted by Gasteiger charge is -2.02. The zero-order chi connectivity index (χ0) is 15.8. The van der Waals surface area contributed by atoms with Crippen molar-refractivity contribution in [1.29, 1.82) is 0 Å². The molecule has 0 radical (unpaired) electrons. The first-order chi connectivity index (χ1) is 11.2. The largest absolute Gasteiger partial charge is 0.239 e. The minimum absolute atomic E-state index is 0.700. The van der Waals surface area contributed by atoms with Crippen molar-refractivity contribution in [3.8, 4) is 16.9 Å². The third-order valence-corrected chi connectivity index (χ3v) is 3.91. The Kier molecular flexibility index (Phi) is 3.32. The summed E-state index contributed by atoms with van der Waals surface area (Å²) in [6.45, 7) is 1.88. The van der Waals surface area contributed by atoms with E-state index in [9.17, 15) is 0 Å². The van der Waals surface area contributed by atoms with E-state index >= 15 is 0 Å². The Bertz CT molecular complexity index is 975. The predicted octanol–water partition coefficient (Wildman–Crippen LogP) is 4.44. The highest BCUT2D eigenvalue weighted by molar-refractivity contribution is 6.30. The molecule has 0 spiro atoms. The lowest BCUT2D eigenvalue weighted by atomic mass is 10.1. The number of hydrogen-bond donors (Lipinski definition) is 0. The van der Waals surface area contributed by atoms with Gasteiger partial charge >= 0.3 is 0 Å². The van der Waals surface area contributed by atoms with Crippen LogP contribution < -0.4 is 0 Å². The Balaban J connectivity index is 2.01. The molecule has 112 valence electrons. The molecule has 2 aromatic carbocycles. The van der Waals surface area contributed by atoms with E-state index in [1.807, 2.05) is 72.4 Å². The Labute approximate surface area is 138 Å². The zero-order valence-corrected chi connectivity index (χ0v) is 13.2. The highest BCUT2D eigenvalue weighted by Gasteiger charge is 2.15. The average molecular weight is 321 g/mol. The summed E-state index contributed by atoms with van der Waals surface area (Å²) in [5, 5.41) is 5.47. The molecule has 0 aliphatic carbocycles. The van der Waals surface area contributed by atoms with Crippen LogP contribution in [0.4, 0.5) is 0 Å². The van der Waals surface area contributed by atoms with Crippen LogP contribution in [0.2, 0.25) is 5.02 Å². The number of fused-ring (bicyclic) bond motifs is 1. The second-order valence-corrected chi connectivity index (χ2v) is 5.69. The molecule has 0 fully saturated rings. The SMILES string of the molecule is Cc1ncc2c(n1)c(-c1ccc(Cl)cc1)nn2-c1ccccc1. The maximum absolute atomic E-state index is 5.99. The van der Waals surface area contributed by atoms with Crippen LogP contribution in [-0.2, 0) is 0 Å². The van der Waals surface area contributed by atoms with Gasteiger partial charge in [0.25, 0.3) is 0 Å². The number of para-hydroxylation sites is 1. The molecule has 4 nitrogen and oxygen atoms in total. The number of aryl methyl sites for hydroxylation is 1. The van der Waals surface area contributed by atoms with Gasteiger partial charge in [0.05, 0.1) is 11.9 Å². The first-order valence-electron chi connectivity index (χ1n) is 7.26. The van der Waals surface area contributed by atoms with Gasteiger partial charge in [-0.1, -0.05) is 41.9 Å². The molecule has 0 saturated carbocycles. The molecular weight excluding hydrogens is 308 g/mol. The monoisotopic (exact) mass is 320 g/mol. The Morgan fingerprint density at radius 2 is 1.70 bits per heavy atom. The Hall–Kier alpha value is -2.72. The quantitative estimate of drug-likeness (QED) is 0.548. The molecular formula is C18H13ClN4. The van der Waals surface area contributed by atoms with Crippen molar-refractivity contribution < 1.29 is 0 Å². The zero-order valence-electron chi connectivity index (χ0n) is 12.4. The molecule has 5 heteroatoms. The number of halogens is 1. The smallest absolute Gasteiger partial charge is 0.126 e. The van der Waals surface area contributed by atoms with Gasteiger partial charge < -0.3 is 0 Å². The highest BCUT2D eigenvalue weighted by Crippen LogP contribution is 2.29. The molecule has 23 heavy (non-hydrogen) atoms. The Morgan fingerprint density at radius 3 is 2.43 bits per heavy atom. The lowest BCUT2D eigenvalue weighted by Crippen LogP contribution is -1.96. The minimum Gasteiger partial charge on any atom is -0.239 e. The first kappa shape index (κ1) is 13.9. The van der Waals surface area contributed by atoms with Gasteiger partial charge in [0.2, 0.25) is 0 Å². The van der Waals surface area contributed by atoms with Crippen LogP contribution in [0, 0.1) is 6.92 Å². The van der Waals surface area contributed by atoms with Crippen LogP contribution in [0.3, 0.4) is 0 Å². The van der Waals surface area contributed by atoms with Crippen molar-refractivity contribution in [3.05, 3.63) is 71.6 Å². The van der Waals surface area contributed by atoms with E-state index in [0.717, 1.165) is 33.8 Å². The van der Waals surface area contributed by atoms with Crippen molar-refractivity contribution in [2.24, 2.45) is 0 Å². The number of aromatic nitrogens is 4. The topological polar surface area (TPSA) is 43.6 Å². The summed E-state index contributed by atoms with van der Waals surface area (Å²) in [5.41, 5.74) is 4.50. The van der Waals surface area contributed by atoms with E-state index in [-0.39, 0.29) is 0 Å². The van der Waals surface area contributed by atoms with Gasteiger partial charge in [-0.15, -0.1) is 0 Å². The van der Waals surface area contributed by atoms with Gasteiger partial charge in [0.1, 0.15) is 22.6 Å². The summed E-state index contributed by atoms with van der Waals surface area (Å²) in [6.07, 6.45) is 1.82. The molecule has 0 aliphatic heterocycles. The van der Waals surface area contributed by atoms with Crippen LogP contribution in [0.15, 0.2) is 60.8 Å². The van der Waals surface area contributed by atoms with Crippen molar-refractivity contribution in [2.45, 2.75) is 6.92 Å². The fourth-order valence-corrected chi connectivity index (χ4v) is 2.69. The normalized spacial score (nSPS) is 11.0. The van der Waals surface area contributed by atoms with E-state index in [2.05, 4.69) is 9.97 Å². The fraction of sp³-hybridized carbons (Fsp3) is 0.0556. The minimum atomic E-state index is 0.700. The van der Waals surface area contributed by atoms with Gasteiger partial charge in [-0.25, -0.2) is 14.6 Å². The van der Waals surface area contributed by atoms with Crippen LogP contribution in [0.5, 0.6) is 0 Å². The number of nitrogens with zero attached hydrogens (tertiary/aromatic N) is 4.